The Labute approximate surface area is 90.9 Å². The third-order valence-electron chi connectivity index (χ3n) is 0.697. The van der Waals surface area contributed by atoms with Crippen molar-refractivity contribution in [2.75, 3.05) is 0 Å². The topological polar surface area (TPSA) is 0 Å². The lowest BCUT2D eigenvalue weighted by atomic mass is 10.4. The highest BCUT2D eigenvalue weighted by atomic mass is 79.9. The van der Waals surface area contributed by atoms with E-state index in [4.69, 9.17) is 0 Å². The zero-order valence-electron chi connectivity index (χ0n) is 4.47. The molecule has 0 bridgehead atoms. The normalized spacial score (nSPS) is 13.4. The largest absolute Gasteiger partial charge is 0.330 e. The van der Waals surface area contributed by atoms with Crippen molar-refractivity contribution in [2.24, 2.45) is 0 Å². The van der Waals surface area contributed by atoms with Crippen molar-refractivity contribution in [3.05, 3.63) is 11.1 Å². The highest BCUT2D eigenvalue weighted by Gasteiger charge is 2.49. The van der Waals surface area contributed by atoms with E-state index in [9.17, 15) is 8.78 Å². The van der Waals surface area contributed by atoms with Gasteiger partial charge in [0.2, 0.25) is 0 Å². The first-order valence-corrected chi connectivity index (χ1v) is 5.16. The van der Waals surface area contributed by atoms with Crippen molar-refractivity contribution in [1.82, 2.24) is 0 Å². The number of hydrogen-bond donors (Lipinski definition) is 0. The van der Waals surface area contributed by atoms with Crippen LogP contribution >= 0.6 is 63.7 Å². The molecule has 0 N–H and O–H groups in total. The van der Waals surface area contributed by atoms with Crippen LogP contribution in [0.3, 0.4) is 0 Å². The zero-order chi connectivity index (χ0) is 8.58. The van der Waals surface area contributed by atoms with Gasteiger partial charge >= 0.3 is 4.83 Å². The third kappa shape index (κ3) is 2.53. The Morgan fingerprint density at radius 3 is 1.50 bits per heavy atom. The fraction of sp³-hybridized carbons (Fsp3) is 0.500. The summed E-state index contributed by atoms with van der Waals surface area (Å²) in [5.74, 6) is 0. The van der Waals surface area contributed by atoms with Gasteiger partial charge in [0.05, 0.1) is 0 Å². The second kappa shape index (κ2) is 3.49. The highest BCUT2D eigenvalue weighted by molar-refractivity contribution is 9.27. The molecule has 0 unspecified atom stereocenters. The van der Waals surface area contributed by atoms with Gasteiger partial charge < -0.3 is 0 Å². The summed E-state index contributed by atoms with van der Waals surface area (Å²) < 4.78 is 23.4. The van der Waals surface area contributed by atoms with Crippen LogP contribution in [0, 0.1) is 0 Å². The second-order valence-electron chi connectivity index (χ2n) is 1.48. The number of rotatable bonds is 2. The van der Waals surface area contributed by atoms with Gasteiger partial charge in [-0.2, -0.15) is 8.78 Å². The van der Waals surface area contributed by atoms with E-state index >= 15 is 0 Å². The van der Waals surface area contributed by atoms with Crippen molar-refractivity contribution >= 4 is 63.7 Å². The van der Waals surface area contributed by atoms with Crippen LogP contribution in [0.15, 0.2) is 11.1 Å². The summed E-state index contributed by atoms with van der Waals surface area (Å²) in [6.07, 6.45) is 0. The van der Waals surface area contributed by atoms with Crippen LogP contribution < -0.4 is 0 Å². The van der Waals surface area contributed by atoms with E-state index in [0.29, 0.717) is 0 Å². The van der Waals surface area contributed by atoms with Gasteiger partial charge in [0.15, 0.2) is 3.23 Å². The quantitative estimate of drug-likeness (QED) is 0.596. The highest BCUT2D eigenvalue weighted by Crippen LogP contribution is 2.52. The molecule has 0 aromatic carbocycles. The van der Waals surface area contributed by atoms with Gasteiger partial charge in [-0.05, 0) is 15.9 Å². The molecule has 10 heavy (non-hydrogen) atoms. The van der Waals surface area contributed by atoms with Crippen LogP contribution in [0.4, 0.5) is 8.78 Å². The fourth-order valence-electron chi connectivity index (χ4n) is 0.154. The Balaban J connectivity index is 4.57. The molecule has 0 heterocycles. The second-order valence-corrected chi connectivity index (χ2v) is 6.87. The lowest BCUT2D eigenvalue weighted by molar-refractivity contribution is 0.118. The molecule has 0 spiro atoms. The average Bonchev–Trinajstić information content (AvgIpc) is 1.62. The summed E-state index contributed by atoms with van der Waals surface area (Å²) in [6, 6.07) is 0. The van der Waals surface area contributed by atoms with Crippen LogP contribution in [0.5, 0.6) is 0 Å². The lowest BCUT2D eigenvalue weighted by Crippen LogP contribution is -2.31. The van der Waals surface area contributed by atoms with Gasteiger partial charge in [-0.15, -0.1) is 0 Å². The minimum Gasteiger partial charge on any atom is -0.191 e. The van der Waals surface area contributed by atoms with E-state index in [1.165, 1.54) is 0 Å². The van der Waals surface area contributed by atoms with E-state index in [1.807, 2.05) is 0 Å². The van der Waals surface area contributed by atoms with Crippen LogP contribution in [0.1, 0.15) is 0 Å². The Hall–Kier alpha value is 1.52. The standard InChI is InChI=1S/C4H2Br4F2/c1-2(5)3(6,7)4(8,9)10/h1H2. The summed E-state index contributed by atoms with van der Waals surface area (Å²) in [7, 11) is 0. The van der Waals surface area contributed by atoms with E-state index in [2.05, 4.69) is 70.3 Å². The number of halogens is 6. The van der Waals surface area contributed by atoms with Crippen molar-refractivity contribution in [3.8, 4) is 0 Å². The Morgan fingerprint density at radius 2 is 1.50 bits per heavy atom. The van der Waals surface area contributed by atoms with E-state index in [1.54, 1.807) is 0 Å². The lowest BCUT2D eigenvalue weighted by Gasteiger charge is -2.24. The Morgan fingerprint density at radius 1 is 1.20 bits per heavy atom. The van der Waals surface area contributed by atoms with Gasteiger partial charge in [-0.25, -0.2) is 0 Å². The first-order valence-electron chi connectivity index (χ1n) is 1.99. The van der Waals surface area contributed by atoms with Crippen molar-refractivity contribution in [3.63, 3.8) is 0 Å². The van der Waals surface area contributed by atoms with Crippen LogP contribution in [-0.2, 0) is 0 Å². The van der Waals surface area contributed by atoms with E-state index < -0.39 is 8.07 Å². The maximum Gasteiger partial charge on any atom is 0.330 e. The van der Waals surface area contributed by atoms with Gasteiger partial charge in [0.1, 0.15) is 0 Å². The molecule has 6 heteroatoms. The fourth-order valence-corrected chi connectivity index (χ4v) is 0.908. The molecule has 0 fully saturated rings. The summed E-state index contributed by atoms with van der Waals surface area (Å²) in [6.45, 7) is 3.31. The molecular formula is C4H2Br4F2. The molecular weight excluding hydrogens is 406 g/mol. The summed E-state index contributed by atoms with van der Waals surface area (Å²) >= 11 is 10.5. The predicted molar refractivity (Wildman–Crippen MR) is 52.5 cm³/mol. The molecule has 60 valence electrons. The molecule has 0 aliphatic heterocycles. The van der Waals surface area contributed by atoms with Gasteiger partial charge in [-0.3, -0.25) is 0 Å². The smallest absolute Gasteiger partial charge is 0.191 e. The zero-order valence-corrected chi connectivity index (χ0v) is 10.8. The van der Waals surface area contributed by atoms with Gasteiger partial charge in [0, 0.05) is 4.48 Å². The molecule has 0 saturated heterocycles. The Kier molecular flexibility index (Phi) is 4.02. The van der Waals surface area contributed by atoms with E-state index in [-0.39, 0.29) is 4.48 Å². The first kappa shape index (κ1) is 11.5. The van der Waals surface area contributed by atoms with E-state index in [0.717, 1.165) is 0 Å². The first-order chi connectivity index (χ1) is 4.19. The third-order valence-corrected chi connectivity index (χ3v) is 5.97. The average molecular weight is 408 g/mol. The molecule has 0 amide bonds. The molecule has 0 saturated carbocycles. The SMILES string of the molecule is C=C(Br)C(Br)(Br)C(F)(F)Br. The van der Waals surface area contributed by atoms with Crippen molar-refractivity contribution in [2.45, 2.75) is 8.07 Å². The minimum atomic E-state index is -3.08. The monoisotopic (exact) mass is 404 g/mol. The molecule has 0 aliphatic carbocycles. The summed E-state index contributed by atoms with van der Waals surface area (Å²) in [5, 5.41) is 0. The summed E-state index contributed by atoms with van der Waals surface area (Å²) in [4.78, 5) is -3.08. The van der Waals surface area contributed by atoms with Crippen LogP contribution in [-0.4, -0.2) is 8.07 Å². The number of alkyl halides is 5. The molecule has 0 aliphatic rings. The molecule has 0 aromatic heterocycles. The molecule has 0 aromatic rings. The minimum absolute atomic E-state index is 0.113. The van der Waals surface area contributed by atoms with Crippen molar-refractivity contribution < 1.29 is 8.78 Å². The van der Waals surface area contributed by atoms with Crippen molar-refractivity contribution in [1.29, 1.82) is 0 Å². The van der Waals surface area contributed by atoms with Crippen LogP contribution in [0.2, 0.25) is 0 Å². The maximum atomic E-state index is 12.5. The van der Waals surface area contributed by atoms with Gasteiger partial charge in [0.25, 0.3) is 0 Å². The Bertz CT molecular complexity index is 148. The maximum absolute atomic E-state index is 12.5. The molecule has 0 radical (unpaired) electrons. The van der Waals surface area contributed by atoms with Gasteiger partial charge in [-0.1, -0.05) is 54.4 Å². The van der Waals surface area contributed by atoms with Crippen LogP contribution in [0.25, 0.3) is 0 Å². The summed E-state index contributed by atoms with van der Waals surface area (Å²) in [5.41, 5.74) is 0. The predicted octanol–water partition coefficient (Wildman–Crippen LogP) is 4.37. The molecule has 0 rings (SSSR count). The molecule has 0 atom stereocenters. The number of allylic oxidation sites excluding steroid dienone is 1. The molecule has 0 nitrogen and oxygen atoms in total. The number of hydrogen-bond acceptors (Lipinski definition) is 0.